The highest BCUT2D eigenvalue weighted by Gasteiger charge is 2.15. The Labute approximate surface area is 96.1 Å². The molecule has 0 saturated heterocycles. The Morgan fingerprint density at radius 3 is 2.71 bits per heavy atom. The summed E-state index contributed by atoms with van der Waals surface area (Å²) < 4.78 is 18.7. The van der Waals surface area contributed by atoms with Crippen LogP contribution in [0.2, 0.25) is 0 Å². The normalized spacial score (nSPS) is 10.9. The molecule has 1 heterocycles. The molecule has 2 aromatic carbocycles. The van der Waals surface area contributed by atoms with Crippen molar-refractivity contribution in [2.24, 2.45) is 0 Å². The maximum atomic E-state index is 13.6. The zero-order valence-corrected chi connectivity index (χ0v) is 8.72. The minimum absolute atomic E-state index is 0.00223. The highest BCUT2D eigenvalue weighted by atomic mass is 19.1. The Morgan fingerprint density at radius 2 is 1.88 bits per heavy atom. The lowest BCUT2D eigenvalue weighted by Crippen LogP contribution is -1.83. The van der Waals surface area contributed by atoms with Gasteiger partial charge < -0.3 is 9.63 Å². The number of aromatic hydroxyl groups is 1. The number of para-hydroxylation sites is 1. The summed E-state index contributed by atoms with van der Waals surface area (Å²) in [6.07, 6.45) is 0. The van der Waals surface area contributed by atoms with Gasteiger partial charge in [0.25, 0.3) is 0 Å². The van der Waals surface area contributed by atoms with Gasteiger partial charge in [-0.05, 0) is 24.3 Å². The summed E-state index contributed by atoms with van der Waals surface area (Å²) in [5.41, 5.74) is 1.02. The smallest absolute Gasteiger partial charge is 0.209 e. The van der Waals surface area contributed by atoms with Crippen LogP contribution in [0, 0.1) is 5.82 Å². The first-order chi connectivity index (χ1) is 8.27. The second kappa shape index (κ2) is 3.59. The van der Waals surface area contributed by atoms with E-state index in [0.717, 1.165) is 0 Å². The van der Waals surface area contributed by atoms with Crippen LogP contribution in [0.4, 0.5) is 4.39 Å². The highest BCUT2D eigenvalue weighted by Crippen LogP contribution is 2.33. The molecule has 0 saturated carbocycles. The second-order valence-corrected chi connectivity index (χ2v) is 3.66. The molecule has 0 bridgehead atoms. The van der Waals surface area contributed by atoms with Crippen molar-refractivity contribution in [3.8, 4) is 17.0 Å². The van der Waals surface area contributed by atoms with Crippen molar-refractivity contribution >= 4 is 11.0 Å². The van der Waals surface area contributed by atoms with Crippen molar-refractivity contribution in [3.05, 3.63) is 48.3 Å². The molecule has 84 valence electrons. The third-order valence-electron chi connectivity index (χ3n) is 2.61. The van der Waals surface area contributed by atoms with Gasteiger partial charge in [-0.15, -0.1) is 0 Å². The molecule has 3 rings (SSSR count). The Morgan fingerprint density at radius 1 is 1.06 bits per heavy atom. The van der Waals surface area contributed by atoms with Gasteiger partial charge in [0.1, 0.15) is 11.5 Å². The summed E-state index contributed by atoms with van der Waals surface area (Å²) in [5, 5.41) is 14.0. The molecule has 0 aliphatic heterocycles. The number of aromatic nitrogens is 1. The monoisotopic (exact) mass is 229 g/mol. The molecule has 0 aliphatic carbocycles. The van der Waals surface area contributed by atoms with E-state index in [1.807, 2.05) is 0 Å². The van der Waals surface area contributed by atoms with Crippen LogP contribution >= 0.6 is 0 Å². The van der Waals surface area contributed by atoms with E-state index >= 15 is 0 Å². The van der Waals surface area contributed by atoms with E-state index in [2.05, 4.69) is 5.16 Å². The lowest BCUT2D eigenvalue weighted by atomic mass is 10.1. The number of phenolic OH excluding ortho intramolecular Hbond substituents is 1. The topological polar surface area (TPSA) is 46.3 Å². The highest BCUT2D eigenvalue weighted by molar-refractivity contribution is 5.94. The first kappa shape index (κ1) is 9.84. The zero-order valence-electron chi connectivity index (χ0n) is 8.72. The number of hydrogen-bond donors (Lipinski definition) is 1. The van der Waals surface area contributed by atoms with E-state index in [4.69, 9.17) is 4.52 Å². The largest absolute Gasteiger partial charge is 0.504 e. The number of halogens is 1. The van der Waals surface area contributed by atoms with Crippen molar-refractivity contribution in [3.63, 3.8) is 0 Å². The maximum Gasteiger partial charge on any atom is 0.209 e. The Hall–Kier alpha value is -2.36. The summed E-state index contributed by atoms with van der Waals surface area (Å²) >= 11 is 0. The van der Waals surface area contributed by atoms with Gasteiger partial charge in [0.15, 0.2) is 5.75 Å². The van der Waals surface area contributed by atoms with E-state index < -0.39 is 0 Å². The van der Waals surface area contributed by atoms with Crippen molar-refractivity contribution in [1.29, 1.82) is 0 Å². The maximum absolute atomic E-state index is 13.6. The second-order valence-electron chi connectivity index (χ2n) is 3.66. The van der Waals surface area contributed by atoms with Gasteiger partial charge >= 0.3 is 0 Å². The molecule has 0 unspecified atom stereocenters. The fourth-order valence-electron chi connectivity index (χ4n) is 1.80. The summed E-state index contributed by atoms with van der Waals surface area (Å²) in [6.45, 7) is 0. The minimum Gasteiger partial charge on any atom is -0.504 e. The molecule has 4 heteroatoms. The predicted molar refractivity (Wildman–Crippen MR) is 61.1 cm³/mol. The van der Waals surface area contributed by atoms with E-state index in [1.54, 1.807) is 30.3 Å². The molecule has 0 amide bonds. The van der Waals surface area contributed by atoms with Gasteiger partial charge in [0, 0.05) is 5.56 Å². The number of hydrogen-bond acceptors (Lipinski definition) is 3. The van der Waals surface area contributed by atoms with E-state index in [0.29, 0.717) is 16.6 Å². The van der Waals surface area contributed by atoms with Gasteiger partial charge in [0.05, 0.1) is 5.39 Å². The fourth-order valence-corrected chi connectivity index (χ4v) is 1.80. The third kappa shape index (κ3) is 1.45. The predicted octanol–water partition coefficient (Wildman–Crippen LogP) is 3.34. The van der Waals surface area contributed by atoms with Crippen molar-refractivity contribution in [1.82, 2.24) is 5.16 Å². The lowest BCUT2D eigenvalue weighted by Gasteiger charge is -1.98. The van der Waals surface area contributed by atoms with Crippen molar-refractivity contribution in [2.75, 3.05) is 0 Å². The summed E-state index contributed by atoms with van der Waals surface area (Å²) in [6, 6.07) is 11.2. The number of nitrogens with zero attached hydrogens (tertiary/aromatic N) is 1. The van der Waals surface area contributed by atoms with Crippen LogP contribution in [0.3, 0.4) is 0 Å². The van der Waals surface area contributed by atoms with Crippen LogP contribution in [0.5, 0.6) is 5.75 Å². The molecule has 0 spiro atoms. The van der Waals surface area contributed by atoms with Crippen molar-refractivity contribution < 1.29 is 14.0 Å². The SMILES string of the molecule is Oc1cccc2c(-c3ccccc3F)noc12. The molecule has 1 N–H and O–H groups in total. The zero-order chi connectivity index (χ0) is 11.8. The van der Waals surface area contributed by atoms with Crippen LogP contribution in [-0.2, 0) is 0 Å². The lowest BCUT2D eigenvalue weighted by molar-refractivity contribution is 0.423. The molecule has 0 atom stereocenters. The van der Waals surface area contributed by atoms with Gasteiger partial charge in [-0.1, -0.05) is 23.4 Å². The summed E-state index contributed by atoms with van der Waals surface area (Å²) in [7, 11) is 0. The molecule has 3 nitrogen and oxygen atoms in total. The number of phenols is 1. The summed E-state index contributed by atoms with van der Waals surface area (Å²) in [5.74, 6) is -0.372. The van der Waals surface area contributed by atoms with Crippen LogP contribution in [0.25, 0.3) is 22.2 Å². The van der Waals surface area contributed by atoms with Gasteiger partial charge in [-0.2, -0.15) is 0 Å². The average Bonchev–Trinajstić information content (AvgIpc) is 2.75. The van der Waals surface area contributed by atoms with Gasteiger partial charge in [-0.25, -0.2) is 4.39 Å². The molecular weight excluding hydrogens is 221 g/mol. The molecule has 0 fully saturated rings. The third-order valence-corrected chi connectivity index (χ3v) is 2.61. The minimum atomic E-state index is -0.369. The molecule has 0 radical (unpaired) electrons. The molecule has 17 heavy (non-hydrogen) atoms. The van der Waals surface area contributed by atoms with Crippen LogP contribution in [-0.4, -0.2) is 10.3 Å². The molecule has 3 aromatic rings. The number of benzene rings is 2. The first-order valence-corrected chi connectivity index (χ1v) is 5.09. The quantitative estimate of drug-likeness (QED) is 0.696. The van der Waals surface area contributed by atoms with E-state index in [-0.39, 0.29) is 17.1 Å². The fraction of sp³-hybridized carbons (Fsp3) is 0. The van der Waals surface area contributed by atoms with Gasteiger partial charge in [-0.3, -0.25) is 0 Å². The number of rotatable bonds is 1. The van der Waals surface area contributed by atoms with Crippen LogP contribution in [0.15, 0.2) is 47.0 Å². The Balaban J connectivity index is 2.33. The molecule has 0 aliphatic rings. The van der Waals surface area contributed by atoms with Crippen molar-refractivity contribution in [2.45, 2.75) is 0 Å². The standard InChI is InChI=1S/C13H8FNO2/c14-10-6-2-1-4-8(10)12-9-5-3-7-11(16)13(9)17-15-12/h1-7,16H. The Bertz CT molecular complexity index is 691. The van der Waals surface area contributed by atoms with Gasteiger partial charge in [0.2, 0.25) is 5.58 Å². The van der Waals surface area contributed by atoms with E-state index in [9.17, 15) is 9.50 Å². The van der Waals surface area contributed by atoms with E-state index in [1.165, 1.54) is 12.1 Å². The first-order valence-electron chi connectivity index (χ1n) is 5.09. The Kier molecular flexibility index (Phi) is 2.08. The summed E-state index contributed by atoms with van der Waals surface area (Å²) in [4.78, 5) is 0. The van der Waals surface area contributed by atoms with Crippen LogP contribution < -0.4 is 0 Å². The molecular formula is C13H8FNO2. The molecule has 1 aromatic heterocycles. The average molecular weight is 229 g/mol. The number of fused-ring (bicyclic) bond motifs is 1. The van der Waals surface area contributed by atoms with Crippen LogP contribution in [0.1, 0.15) is 0 Å².